The zero-order chi connectivity index (χ0) is 21.6. The molecule has 3 aromatic carbocycles. The molecule has 3 rings (SSSR count). The monoisotopic (exact) mass is 427 g/mol. The van der Waals surface area contributed by atoms with E-state index in [9.17, 15) is 18.0 Å². The van der Waals surface area contributed by atoms with E-state index >= 15 is 0 Å². The third-order valence-corrected chi connectivity index (χ3v) is 5.87. The Labute approximate surface area is 174 Å². The molecule has 1 N–H and O–H groups in total. The number of esters is 1. The van der Waals surface area contributed by atoms with Crippen LogP contribution in [0.3, 0.4) is 0 Å². The third-order valence-electron chi connectivity index (χ3n) is 4.41. The Kier molecular flexibility index (Phi) is 6.81. The lowest BCUT2D eigenvalue weighted by Crippen LogP contribution is -2.27. The Hall–Kier alpha value is -3.23. The van der Waals surface area contributed by atoms with E-state index in [4.69, 9.17) is 9.47 Å². The van der Waals surface area contributed by atoms with Crippen LogP contribution in [0, 0.1) is 0 Å². The molecule has 0 saturated carbocycles. The topological polar surface area (TPSA) is 98.8 Å². The summed E-state index contributed by atoms with van der Waals surface area (Å²) in [5.41, 5.74) is 0.360. The summed E-state index contributed by atoms with van der Waals surface area (Å²) in [7, 11) is -2.28. The third kappa shape index (κ3) is 5.43. The molecule has 0 fully saturated rings. The maximum Gasteiger partial charge on any atom is 0.307 e. The minimum absolute atomic E-state index is 0.114. The van der Waals surface area contributed by atoms with Gasteiger partial charge in [0.1, 0.15) is 5.75 Å². The van der Waals surface area contributed by atoms with E-state index < -0.39 is 22.6 Å². The summed E-state index contributed by atoms with van der Waals surface area (Å²) in [6.07, 6.45) is -0.196. The fourth-order valence-corrected chi connectivity index (χ4v) is 3.87. The molecule has 0 aromatic heterocycles. The number of ether oxygens (including phenoxy) is 2. The molecule has 0 aliphatic heterocycles. The summed E-state index contributed by atoms with van der Waals surface area (Å²) >= 11 is 0. The van der Waals surface area contributed by atoms with Gasteiger partial charge in [-0.25, -0.2) is 13.1 Å². The molecule has 0 unspecified atom stereocenters. The Morgan fingerprint density at radius 1 is 0.933 bits per heavy atom. The SMILES string of the molecule is COc1cccc(C(=O)COC(=O)CCNS(=O)(=O)c2ccc3ccccc3c2)c1. The number of ketones is 1. The standard InChI is InChI=1S/C22H21NO6S/c1-28-19-8-4-7-18(13-19)21(24)15-29-22(25)11-12-23-30(26,27)20-10-9-16-5-2-3-6-17(16)14-20/h2-10,13-14,23H,11-12,15H2,1H3. The molecule has 0 radical (unpaired) electrons. The van der Waals surface area contributed by atoms with Crippen LogP contribution < -0.4 is 9.46 Å². The predicted molar refractivity (Wildman–Crippen MR) is 112 cm³/mol. The number of carbonyl (C=O) groups excluding carboxylic acids is 2. The largest absolute Gasteiger partial charge is 0.497 e. The summed E-state index contributed by atoms with van der Waals surface area (Å²) < 4.78 is 37.3. The normalized spacial score (nSPS) is 11.2. The number of rotatable bonds is 9. The molecule has 30 heavy (non-hydrogen) atoms. The lowest BCUT2D eigenvalue weighted by atomic mass is 10.1. The molecule has 0 atom stereocenters. The molecular weight excluding hydrogens is 406 g/mol. The smallest absolute Gasteiger partial charge is 0.307 e. The van der Waals surface area contributed by atoms with Gasteiger partial charge >= 0.3 is 5.97 Å². The van der Waals surface area contributed by atoms with Crippen LogP contribution in [0.4, 0.5) is 0 Å². The van der Waals surface area contributed by atoms with E-state index in [0.717, 1.165) is 10.8 Å². The zero-order valence-corrected chi connectivity index (χ0v) is 17.1. The number of benzene rings is 3. The van der Waals surface area contributed by atoms with Gasteiger partial charge in [-0.1, -0.05) is 42.5 Å². The van der Waals surface area contributed by atoms with Crippen molar-refractivity contribution in [1.82, 2.24) is 4.72 Å². The van der Waals surface area contributed by atoms with Gasteiger partial charge in [0.05, 0.1) is 18.4 Å². The summed E-state index contributed by atoms with van der Waals surface area (Å²) in [4.78, 5) is 24.1. The number of sulfonamides is 1. The number of carbonyl (C=O) groups is 2. The van der Waals surface area contributed by atoms with Crippen LogP contribution in [0.25, 0.3) is 10.8 Å². The molecule has 0 bridgehead atoms. The Morgan fingerprint density at radius 2 is 1.70 bits per heavy atom. The summed E-state index contributed by atoms with van der Waals surface area (Å²) in [6, 6.07) is 18.7. The highest BCUT2D eigenvalue weighted by molar-refractivity contribution is 7.89. The summed E-state index contributed by atoms with van der Waals surface area (Å²) in [5, 5.41) is 1.73. The van der Waals surface area contributed by atoms with E-state index in [1.54, 1.807) is 36.4 Å². The average molecular weight is 427 g/mol. The van der Waals surface area contributed by atoms with Crippen LogP contribution >= 0.6 is 0 Å². The zero-order valence-electron chi connectivity index (χ0n) is 16.3. The molecule has 0 saturated heterocycles. The second-order valence-electron chi connectivity index (χ2n) is 6.47. The maximum atomic E-state index is 12.4. The molecule has 0 aliphatic carbocycles. The Balaban J connectivity index is 1.50. The first-order chi connectivity index (χ1) is 14.4. The second-order valence-corrected chi connectivity index (χ2v) is 8.24. The molecule has 3 aromatic rings. The molecule has 156 valence electrons. The lowest BCUT2D eigenvalue weighted by Gasteiger charge is -2.08. The molecular formula is C22H21NO6S. The highest BCUT2D eigenvalue weighted by Crippen LogP contribution is 2.18. The number of nitrogens with one attached hydrogen (secondary N) is 1. The van der Waals surface area contributed by atoms with Crippen LogP contribution in [0.1, 0.15) is 16.8 Å². The average Bonchev–Trinajstić information content (AvgIpc) is 2.77. The Morgan fingerprint density at radius 3 is 2.47 bits per heavy atom. The van der Waals surface area contributed by atoms with Crippen molar-refractivity contribution < 1.29 is 27.5 Å². The van der Waals surface area contributed by atoms with Crippen molar-refractivity contribution in [2.75, 3.05) is 20.3 Å². The fourth-order valence-electron chi connectivity index (χ4n) is 2.80. The van der Waals surface area contributed by atoms with Crippen molar-refractivity contribution in [3.8, 4) is 5.75 Å². The van der Waals surface area contributed by atoms with Crippen molar-refractivity contribution in [2.45, 2.75) is 11.3 Å². The van der Waals surface area contributed by atoms with Gasteiger partial charge in [0.2, 0.25) is 10.0 Å². The highest BCUT2D eigenvalue weighted by atomic mass is 32.2. The number of hydrogen-bond acceptors (Lipinski definition) is 6. The van der Waals surface area contributed by atoms with Crippen molar-refractivity contribution in [3.05, 3.63) is 72.3 Å². The lowest BCUT2D eigenvalue weighted by molar-refractivity contribution is -0.142. The molecule has 0 heterocycles. The quantitative estimate of drug-likeness (QED) is 0.416. The van der Waals surface area contributed by atoms with Gasteiger partial charge in [-0.05, 0) is 35.0 Å². The first-order valence-corrected chi connectivity index (χ1v) is 10.7. The van der Waals surface area contributed by atoms with Crippen LogP contribution in [0.5, 0.6) is 5.75 Å². The van der Waals surface area contributed by atoms with E-state index in [0.29, 0.717) is 11.3 Å². The van der Waals surface area contributed by atoms with Crippen LogP contribution in [0.2, 0.25) is 0 Å². The van der Waals surface area contributed by atoms with Gasteiger partial charge in [-0.15, -0.1) is 0 Å². The second kappa shape index (κ2) is 9.51. The van der Waals surface area contributed by atoms with E-state index in [1.165, 1.54) is 13.2 Å². The van der Waals surface area contributed by atoms with Gasteiger partial charge in [0.15, 0.2) is 12.4 Å². The van der Waals surface area contributed by atoms with Crippen LogP contribution in [0.15, 0.2) is 71.6 Å². The van der Waals surface area contributed by atoms with Crippen LogP contribution in [-0.4, -0.2) is 40.4 Å². The summed E-state index contributed by atoms with van der Waals surface area (Å²) in [5.74, 6) is -0.526. The molecule has 0 amide bonds. The predicted octanol–water partition coefficient (Wildman–Crippen LogP) is 2.94. The van der Waals surface area contributed by atoms with Crippen molar-refractivity contribution in [2.24, 2.45) is 0 Å². The van der Waals surface area contributed by atoms with Gasteiger partial charge in [-0.3, -0.25) is 9.59 Å². The highest BCUT2D eigenvalue weighted by Gasteiger charge is 2.16. The molecule has 0 spiro atoms. The number of methoxy groups -OCH3 is 1. The fraction of sp³-hybridized carbons (Fsp3) is 0.182. The molecule has 0 aliphatic rings. The maximum absolute atomic E-state index is 12.4. The number of hydrogen-bond donors (Lipinski definition) is 1. The van der Waals surface area contributed by atoms with E-state index in [2.05, 4.69) is 4.72 Å². The Bertz CT molecular complexity index is 1170. The summed E-state index contributed by atoms with van der Waals surface area (Å²) in [6.45, 7) is -0.565. The van der Waals surface area contributed by atoms with Crippen molar-refractivity contribution in [3.63, 3.8) is 0 Å². The van der Waals surface area contributed by atoms with E-state index in [-0.39, 0.29) is 23.6 Å². The van der Waals surface area contributed by atoms with Crippen molar-refractivity contribution in [1.29, 1.82) is 0 Å². The minimum atomic E-state index is -3.77. The first-order valence-electron chi connectivity index (χ1n) is 9.20. The number of Topliss-reactive ketones (excluding diaryl/α,β-unsaturated/α-hetero) is 1. The molecule has 8 heteroatoms. The van der Waals surface area contributed by atoms with Gasteiger partial charge in [-0.2, -0.15) is 0 Å². The van der Waals surface area contributed by atoms with Gasteiger partial charge < -0.3 is 9.47 Å². The number of fused-ring (bicyclic) bond motifs is 1. The first kappa shape index (κ1) is 21.5. The molecule has 7 nitrogen and oxygen atoms in total. The van der Waals surface area contributed by atoms with E-state index in [1.807, 2.05) is 24.3 Å². The van der Waals surface area contributed by atoms with Gasteiger partial charge in [0, 0.05) is 12.1 Å². The van der Waals surface area contributed by atoms with Crippen LogP contribution in [-0.2, 0) is 19.6 Å². The van der Waals surface area contributed by atoms with Crippen molar-refractivity contribution >= 4 is 32.5 Å². The minimum Gasteiger partial charge on any atom is -0.497 e. The van der Waals surface area contributed by atoms with Gasteiger partial charge in [0.25, 0.3) is 0 Å².